The van der Waals surface area contributed by atoms with Crippen LogP contribution in [0.4, 0.5) is 0 Å². The Morgan fingerprint density at radius 2 is 1.25 bits per heavy atom. The van der Waals surface area contributed by atoms with Gasteiger partial charge in [-0.3, -0.25) is 4.79 Å². The highest BCUT2D eigenvalue weighted by atomic mass is 16.5. The average molecular weight is 543 g/mol. The van der Waals surface area contributed by atoms with Crippen LogP contribution >= 0.6 is 0 Å². The van der Waals surface area contributed by atoms with Gasteiger partial charge in [-0.05, 0) is 42.8 Å². The molecule has 3 rings (SSSR count). The number of unbranched alkanes of at least 4 members (excludes halogenated alkanes) is 8. The number of hydrazone groups is 1. The number of ether oxygens (including phenoxy) is 2. The fourth-order valence-corrected chi connectivity index (χ4v) is 4.07. The van der Waals surface area contributed by atoms with Gasteiger partial charge in [-0.2, -0.15) is 5.10 Å². The lowest BCUT2D eigenvalue weighted by Crippen LogP contribution is -2.17. The second-order valence-electron chi connectivity index (χ2n) is 9.58. The molecule has 1 amide bonds. The maximum absolute atomic E-state index is 12.7. The van der Waals surface area contributed by atoms with Gasteiger partial charge in [-0.15, -0.1) is 0 Å². The van der Waals surface area contributed by atoms with Crippen LogP contribution in [-0.4, -0.2) is 24.1 Å². The van der Waals surface area contributed by atoms with E-state index in [1.54, 1.807) is 72.8 Å². The monoisotopic (exact) mass is 542 g/mol. The van der Waals surface area contributed by atoms with Crippen molar-refractivity contribution in [3.05, 3.63) is 95.6 Å². The number of esters is 2. The van der Waals surface area contributed by atoms with Gasteiger partial charge >= 0.3 is 11.9 Å². The van der Waals surface area contributed by atoms with Crippen molar-refractivity contribution in [2.75, 3.05) is 0 Å². The third-order valence-electron chi connectivity index (χ3n) is 6.32. The van der Waals surface area contributed by atoms with Gasteiger partial charge in [-0.1, -0.05) is 94.7 Å². The van der Waals surface area contributed by atoms with E-state index >= 15 is 0 Å². The van der Waals surface area contributed by atoms with Gasteiger partial charge in [0.15, 0.2) is 0 Å². The van der Waals surface area contributed by atoms with Crippen molar-refractivity contribution in [2.45, 2.75) is 71.1 Å². The Morgan fingerprint density at radius 1 is 0.700 bits per heavy atom. The van der Waals surface area contributed by atoms with E-state index in [0.29, 0.717) is 23.1 Å². The highest BCUT2D eigenvalue weighted by Gasteiger charge is 2.14. The normalized spacial score (nSPS) is 10.8. The summed E-state index contributed by atoms with van der Waals surface area (Å²) in [7, 11) is 0. The maximum Gasteiger partial charge on any atom is 0.343 e. The Kier molecular flexibility index (Phi) is 13.1. The zero-order valence-corrected chi connectivity index (χ0v) is 23.1. The first-order valence-corrected chi connectivity index (χ1v) is 14.1. The molecule has 7 heteroatoms. The Bertz CT molecular complexity index is 1240. The highest BCUT2D eigenvalue weighted by Crippen LogP contribution is 2.26. The molecule has 0 fully saturated rings. The van der Waals surface area contributed by atoms with Gasteiger partial charge in [0.1, 0.15) is 11.5 Å². The van der Waals surface area contributed by atoms with Crippen LogP contribution in [0.5, 0.6) is 11.5 Å². The zero-order valence-electron chi connectivity index (χ0n) is 23.1. The van der Waals surface area contributed by atoms with Gasteiger partial charge in [0.2, 0.25) is 5.91 Å². The Balaban J connectivity index is 1.57. The van der Waals surface area contributed by atoms with Crippen LogP contribution in [0.1, 0.15) is 97.4 Å². The summed E-state index contributed by atoms with van der Waals surface area (Å²) in [5.74, 6) is -0.932. The van der Waals surface area contributed by atoms with Crippen molar-refractivity contribution in [1.82, 2.24) is 5.43 Å². The summed E-state index contributed by atoms with van der Waals surface area (Å²) in [5.41, 5.74) is 3.74. The standard InChI is InChI=1S/C33H38N2O5/c1-2-3-4-5-6-7-8-9-16-21-31(36)35-34-25-28-22-23-29(39-32(37)26-17-12-10-13-18-26)24-30(28)40-33(38)27-19-14-11-15-20-27/h10-15,17-20,22-25H,2-9,16,21H2,1H3,(H,35,36)/b34-25+. The Morgan fingerprint density at radius 3 is 1.85 bits per heavy atom. The van der Waals surface area contributed by atoms with E-state index < -0.39 is 11.9 Å². The van der Waals surface area contributed by atoms with Crippen LogP contribution < -0.4 is 14.9 Å². The van der Waals surface area contributed by atoms with Gasteiger partial charge in [-0.25, -0.2) is 15.0 Å². The molecule has 210 valence electrons. The molecular formula is C33H38N2O5. The Labute approximate surface area is 236 Å². The van der Waals surface area contributed by atoms with Crippen molar-refractivity contribution >= 4 is 24.1 Å². The number of nitrogens with one attached hydrogen (secondary N) is 1. The number of carbonyl (C=O) groups excluding carboxylic acids is 3. The summed E-state index contributed by atoms with van der Waals surface area (Å²) >= 11 is 0. The lowest BCUT2D eigenvalue weighted by atomic mass is 10.1. The molecule has 3 aromatic carbocycles. The van der Waals surface area contributed by atoms with Crippen LogP contribution in [0.3, 0.4) is 0 Å². The Hall–Kier alpha value is -4.26. The summed E-state index contributed by atoms with van der Waals surface area (Å²) in [6.07, 6.45) is 12.4. The summed E-state index contributed by atoms with van der Waals surface area (Å²) < 4.78 is 11.1. The van der Waals surface area contributed by atoms with E-state index in [2.05, 4.69) is 17.5 Å². The summed E-state index contributed by atoms with van der Waals surface area (Å²) in [6, 6.07) is 21.8. The topological polar surface area (TPSA) is 94.1 Å². The molecule has 0 unspecified atom stereocenters. The van der Waals surface area contributed by atoms with E-state index in [9.17, 15) is 14.4 Å². The first-order chi connectivity index (χ1) is 19.6. The van der Waals surface area contributed by atoms with E-state index in [0.717, 1.165) is 19.3 Å². The smallest absolute Gasteiger partial charge is 0.343 e. The molecule has 0 heterocycles. The minimum atomic E-state index is -0.573. The lowest BCUT2D eigenvalue weighted by molar-refractivity contribution is -0.121. The molecule has 40 heavy (non-hydrogen) atoms. The van der Waals surface area contributed by atoms with E-state index in [1.807, 2.05) is 0 Å². The van der Waals surface area contributed by atoms with E-state index in [4.69, 9.17) is 9.47 Å². The number of hydrogen-bond acceptors (Lipinski definition) is 6. The number of hydrogen-bond donors (Lipinski definition) is 1. The van der Waals surface area contributed by atoms with Gasteiger partial charge in [0, 0.05) is 18.1 Å². The molecule has 0 radical (unpaired) electrons. The fraction of sp³-hybridized carbons (Fsp3) is 0.333. The molecule has 0 bridgehead atoms. The predicted octanol–water partition coefficient (Wildman–Crippen LogP) is 7.50. The third-order valence-corrected chi connectivity index (χ3v) is 6.32. The lowest BCUT2D eigenvalue weighted by Gasteiger charge is -2.10. The van der Waals surface area contributed by atoms with Crippen molar-refractivity contribution in [3.8, 4) is 11.5 Å². The molecule has 0 aromatic heterocycles. The number of nitrogens with zero attached hydrogens (tertiary/aromatic N) is 1. The third kappa shape index (κ3) is 10.8. The van der Waals surface area contributed by atoms with Crippen LogP contribution in [0.2, 0.25) is 0 Å². The molecule has 7 nitrogen and oxygen atoms in total. The quantitative estimate of drug-likeness (QED) is 0.0665. The molecule has 0 saturated carbocycles. The molecule has 0 aliphatic carbocycles. The molecular weight excluding hydrogens is 504 g/mol. The number of carbonyl (C=O) groups is 3. The number of amides is 1. The van der Waals surface area contributed by atoms with Crippen LogP contribution in [0.15, 0.2) is 84.0 Å². The second-order valence-corrected chi connectivity index (χ2v) is 9.58. The van der Waals surface area contributed by atoms with Crippen molar-refractivity contribution in [1.29, 1.82) is 0 Å². The SMILES string of the molecule is CCCCCCCCCCCC(=O)N/N=C/c1ccc(OC(=O)c2ccccc2)cc1OC(=O)c1ccccc1. The van der Waals surface area contributed by atoms with E-state index in [1.165, 1.54) is 50.8 Å². The van der Waals surface area contributed by atoms with Crippen LogP contribution in [-0.2, 0) is 4.79 Å². The molecule has 0 atom stereocenters. The maximum atomic E-state index is 12.7. The van der Waals surface area contributed by atoms with Gasteiger partial charge < -0.3 is 9.47 Å². The largest absolute Gasteiger partial charge is 0.423 e. The molecule has 1 N–H and O–H groups in total. The first kappa shape index (κ1) is 30.3. The molecule has 0 aliphatic rings. The van der Waals surface area contributed by atoms with Crippen LogP contribution in [0, 0.1) is 0 Å². The van der Waals surface area contributed by atoms with Crippen molar-refractivity contribution < 1.29 is 23.9 Å². The summed E-state index contributed by atoms with van der Waals surface area (Å²) in [6.45, 7) is 2.22. The highest BCUT2D eigenvalue weighted by molar-refractivity contribution is 5.94. The minimum absolute atomic E-state index is 0.143. The second kappa shape index (κ2) is 17.4. The fourth-order valence-electron chi connectivity index (χ4n) is 4.07. The average Bonchev–Trinajstić information content (AvgIpc) is 2.98. The van der Waals surface area contributed by atoms with Gasteiger partial charge in [0.25, 0.3) is 0 Å². The minimum Gasteiger partial charge on any atom is -0.423 e. The molecule has 0 saturated heterocycles. The number of benzene rings is 3. The summed E-state index contributed by atoms with van der Waals surface area (Å²) in [4.78, 5) is 37.4. The first-order valence-electron chi connectivity index (χ1n) is 14.1. The summed E-state index contributed by atoms with van der Waals surface area (Å²) in [5, 5.41) is 4.05. The zero-order chi connectivity index (χ0) is 28.4. The van der Waals surface area contributed by atoms with Gasteiger partial charge in [0.05, 0.1) is 17.3 Å². The number of rotatable bonds is 16. The van der Waals surface area contributed by atoms with E-state index in [-0.39, 0.29) is 17.4 Å². The van der Waals surface area contributed by atoms with Crippen molar-refractivity contribution in [2.24, 2.45) is 5.10 Å². The molecule has 0 aliphatic heterocycles. The molecule has 3 aromatic rings. The van der Waals surface area contributed by atoms with Crippen molar-refractivity contribution in [3.63, 3.8) is 0 Å². The molecule has 0 spiro atoms. The van der Waals surface area contributed by atoms with Crippen LogP contribution in [0.25, 0.3) is 0 Å². The predicted molar refractivity (Wildman–Crippen MR) is 157 cm³/mol.